The Morgan fingerprint density at radius 3 is 1.14 bits per heavy atom. The smallest absolute Gasteiger partial charge is 0.273 e. The molecule has 294 valence electrons. The second-order valence-corrected chi connectivity index (χ2v) is 45.8. The number of aliphatic hydroxyl groups is 1. The minimum absolute atomic E-state index is 0.0471. The van der Waals surface area contributed by atoms with Crippen LogP contribution in [0, 0.1) is 0 Å². The van der Waals surface area contributed by atoms with Crippen molar-refractivity contribution in [1.82, 2.24) is 5.48 Å². The van der Waals surface area contributed by atoms with Crippen LogP contribution in [0.2, 0.25) is 90.7 Å². The van der Waals surface area contributed by atoms with E-state index in [0.717, 1.165) is 0 Å². The Balaban J connectivity index is 7.75. The van der Waals surface area contributed by atoms with Crippen LogP contribution < -0.4 is 5.48 Å². The molecule has 0 saturated carbocycles. The van der Waals surface area contributed by atoms with E-state index in [4.69, 9.17) is 22.2 Å². The first-order chi connectivity index (χ1) is 21.0. The highest BCUT2D eigenvalue weighted by Gasteiger charge is 2.53. The Hall–Kier alpha value is 0.314. The molecule has 0 aliphatic rings. The van der Waals surface area contributed by atoms with Gasteiger partial charge < -0.3 is 27.3 Å². The number of carbonyl (C=O) groups excluding carboxylic acids is 1. The molecule has 0 rings (SSSR count). The van der Waals surface area contributed by atoms with Gasteiger partial charge in [0.1, 0.15) is 18.3 Å². The van der Waals surface area contributed by atoms with Crippen LogP contribution in [0.3, 0.4) is 0 Å². The monoisotopic (exact) mass is 782 g/mol. The minimum Gasteiger partial charge on any atom is -0.414 e. The van der Waals surface area contributed by atoms with Crippen molar-refractivity contribution in [2.75, 3.05) is 6.61 Å². The predicted molar refractivity (Wildman–Crippen MR) is 222 cm³/mol. The molecule has 2 N–H and O–H groups in total. The van der Waals surface area contributed by atoms with Crippen molar-refractivity contribution in [3.8, 4) is 0 Å². The molecule has 0 aliphatic carbocycles. The summed E-state index contributed by atoms with van der Waals surface area (Å²) in [6.07, 6.45) is -3.99. The van der Waals surface area contributed by atoms with Crippen molar-refractivity contribution in [2.45, 2.75) is 219 Å². The first-order valence-corrected chi connectivity index (χ1v) is 32.9. The Morgan fingerprint density at radius 1 is 0.510 bits per heavy atom. The molecule has 49 heavy (non-hydrogen) atoms. The van der Waals surface area contributed by atoms with Gasteiger partial charge in [-0.25, -0.2) is 5.48 Å². The van der Waals surface area contributed by atoms with E-state index in [1.54, 1.807) is 0 Å². The molecule has 0 spiro atoms. The van der Waals surface area contributed by atoms with Crippen molar-refractivity contribution >= 4 is 47.5 Å². The van der Waals surface area contributed by atoms with E-state index >= 15 is 0 Å². The van der Waals surface area contributed by atoms with Crippen LogP contribution in [0.5, 0.6) is 0 Å². The number of carbonyl (C=O) groups is 1. The van der Waals surface area contributed by atoms with Crippen LogP contribution in [0.25, 0.3) is 0 Å². The summed E-state index contributed by atoms with van der Waals surface area (Å²) in [4.78, 5) is 14.7. The van der Waals surface area contributed by atoms with E-state index in [0.29, 0.717) is 0 Å². The molecule has 8 nitrogen and oxygen atoms in total. The molecule has 0 heterocycles. The third kappa shape index (κ3) is 13.3. The normalized spacial score (nSPS) is 17.8. The minimum atomic E-state index is -2.60. The molecule has 0 fully saturated rings. The molecular weight excluding hydrogens is 699 g/mol. The van der Waals surface area contributed by atoms with E-state index in [1.807, 2.05) is 0 Å². The molecular formula is C36H83NO7Si5. The lowest BCUT2D eigenvalue weighted by atomic mass is 10.0. The highest BCUT2D eigenvalue weighted by molar-refractivity contribution is 6.76. The number of nitrogens with one attached hydrogen (secondary N) is 1. The molecule has 0 bridgehead atoms. The van der Waals surface area contributed by atoms with E-state index in [2.05, 4.69) is 175 Å². The lowest BCUT2D eigenvalue weighted by Gasteiger charge is -2.49. The van der Waals surface area contributed by atoms with Gasteiger partial charge in [-0.05, 0) is 90.7 Å². The highest BCUT2D eigenvalue weighted by atomic mass is 28.4. The van der Waals surface area contributed by atoms with Crippen molar-refractivity contribution in [3.05, 3.63) is 0 Å². The number of amides is 1. The van der Waals surface area contributed by atoms with Crippen LogP contribution >= 0.6 is 0 Å². The van der Waals surface area contributed by atoms with E-state index in [-0.39, 0.29) is 31.8 Å². The quantitative estimate of drug-likeness (QED) is 0.126. The second-order valence-electron chi connectivity index (χ2n) is 22.0. The number of aliphatic hydroxyl groups excluding tert-OH is 1. The van der Waals surface area contributed by atoms with E-state index in [1.165, 1.54) is 0 Å². The summed E-state index contributed by atoms with van der Waals surface area (Å²) in [5.74, 6) is -0.403. The lowest BCUT2D eigenvalue weighted by Crippen LogP contribution is -2.64. The highest BCUT2D eigenvalue weighted by Crippen LogP contribution is 2.44. The zero-order chi connectivity index (χ0) is 39.8. The summed E-state index contributed by atoms with van der Waals surface area (Å²) in [7, 11) is -12.4. The number of rotatable bonds is 15. The lowest BCUT2D eigenvalue weighted by molar-refractivity contribution is -0.150. The van der Waals surface area contributed by atoms with Gasteiger partial charge >= 0.3 is 0 Å². The molecule has 0 unspecified atom stereocenters. The van der Waals surface area contributed by atoms with E-state index < -0.39 is 71.9 Å². The molecule has 13 heteroatoms. The van der Waals surface area contributed by atoms with Gasteiger partial charge in [-0.1, -0.05) is 104 Å². The fraction of sp³-hybridized carbons (Fsp3) is 0.972. The average Bonchev–Trinajstić information content (AvgIpc) is 2.83. The summed E-state index contributed by atoms with van der Waals surface area (Å²) in [6, 6.07) is 0. The van der Waals surface area contributed by atoms with Crippen molar-refractivity contribution in [1.29, 1.82) is 0 Å². The van der Waals surface area contributed by atoms with Gasteiger partial charge in [-0.15, -0.1) is 0 Å². The van der Waals surface area contributed by atoms with Crippen molar-refractivity contribution in [2.24, 2.45) is 0 Å². The maximum atomic E-state index is 14.7. The predicted octanol–water partition coefficient (Wildman–Crippen LogP) is 10.6. The van der Waals surface area contributed by atoms with Gasteiger partial charge in [0.15, 0.2) is 39.4 Å². The maximum absolute atomic E-state index is 14.7. The SMILES string of the molecule is CC(C)(C)[Si](C)(C)OC[C@@H](O)[C@@H](O[Si](C)(C)C(C)(C)C)[C@H](O[Si](C)(C)C(C)(C)C)[C@@H](O[Si](C)(C)C(C)(C)C)C(=O)NO[Si](C)(C)C(C)(C)C. The topological polar surface area (TPSA) is 95.5 Å². The third-order valence-corrected chi connectivity index (χ3v) is 34.7. The van der Waals surface area contributed by atoms with Crippen LogP contribution in [-0.4, -0.2) is 83.6 Å². The summed E-state index contributed by atoms with van der Waals surface area (Å²) in [5.41, 5.74) is 2.88. The largest absolute Gasteiger partial charge is 0.414 e. The van der Waals surface area contributed by atoms with E-state index in [9.17, 15) is 9.90 Å². The van der Waals surface area contributed by atoms with Crippen LogP contribution in [0.1, 0.15) is 104 Å². The number of hydrogen-bond acceptors (Lipinski definition) is 7. The first-order valence-electron chi connectivity index (χ1n) is 18.4. The fourth-order valence-electron chi connectivity index (χ4n) is 3.46. The van der Waals surface area contributed by atoms with Gasteiger partial charge in [0.05, 0.1) is 6.61 Å². The number of hydroxylamine groups is 1. The average molecular weight is 782 g/mol. The molecule has 0 radical (unpaired) electrons. The Kier molecular flexibility index (Phi) is 16.1. The van der Waals surface area contributed by atoms with Gasteiger partial charge in [0, 0.05) is 0 Å². The summed E-state index contributed by atoms with van der Waals surface area (Å²) >= 11 is 0. The van der Waals surface area contributed by atoms with Gasteiger partial charge in [-0.3, -0.25) is 4.79 Å². The van der Waals surface area contributed by atoms with Gasteiger partial charge in [0.2, 0.25) is 8.32 Å². The zero-order valence-electron chi connectivity index (χ0n) is 36.9. The second kappa shape index (κ2) is 16.0. The Morgan fingerprint density at radius 2 is 0.816 bits per heavy atom. The third-order valence-electron chi connectivity index (χ3n) is 12.6. The maximum Gasteiger partial charge on any atom is 0.273 e. The van der Waals surface area contributed by atoms with Crippen LogP contribution in [0.15, 0.2) is 0 Å². The van der Waals surface area contributed by atoms with Gasteiger partial charge in [-0.2, -0.15) is 0 Å². The molecule has 0 saturated heterocycles. The molecule has 4 atom stereocenters. The van der Waals surface area contributed by atoms with Crippen LogP contribution in [-0.2, 0) is 27.0 Å². The number of hydrogen-bond donors (Lipinski definition) is 2. The first kappa shape index (κ1) is 49.3. The fourth-order valence-corrected chi connectivity index (χ4v) is 8.99. The molecule has 0 aliphatic heterocycles. The summed E-state index contributed by atoms with van der Waals surface area (Å²) in [6.45, 7) is 54.2. The van der Waals surface area contributed by atoms with Crippen molar-refractivity contribution < 1.29 is 32.1 Å². The summed E-state index contributed by atoms with van der Waals surface area (Å²) in [5, 5.41) is 11.6. The van der Waals surface area contributed by atoms with Gasteiger partial charge in [0.25, 0.3) is 5.91 Å². The molecule has 0 aromatic carbocycles. The van der Waals surface area contributed by atoms with Crippen molar-refractivity contribution in [3.63, 3.8) is 0 Å². The van der Waals surface area contributed by atoms with Crippen LogP contribution in [0.4, 0.5) is 0 Å². The Bertz CT molecular complexity index is 1080. The standard InChI is InChI=1S/C36H83NO7Si5/c1-32(2,3)45(16,17)40-26-27(38)28(41-46(18,19)33(4,5)6)29(42-47(20,21)34(7,8)9)30(43-48(22,23)35(10,11)12)31(39)37-44-49(24,25)36(13,14)15/h27-30,38H,26H2,1-25H3,(H,37,39)/t27-,28-,29+,30-/m1/s1. The molecule has 0 aromatic rings. The molecule has 1 amide bonds. The summed E-state index contributed by atoms with van der Waals surface area (Å²) < 4.78 is 34.6. The zero-order valence-corrected chi connectivity index (χ0v) is 41.9. The molecule has 0 aromatic heterocycles. The Labute approximate surface area is 309 Å².